The van der Waals surface area contributed by atoms with Gasteiger partial charge in [-0.2, -0.15) is 0 Å². The number of nitrogens with zero attached hydrogens (tertiary/aromatic N) is 1. The Kier molecular flexibility index (Phi) is 2.32. The molecule has 0 amide bonds. The number of hydrogen-bond donors (Lipinski definition) is 1. The molecule has 1 rings (SSSR count). The average Bonchev–Trinajstić information content (AvgIpc) is 2.09. The third kappa shape index (κ3) is 1.18. The van der Waals surface area contributed by atoms with Crippen molar-refractivity contribution in [2.45, 2.75) is 32.4 Å². The van der Waals surface area contributed by atoms with Gasteiger partial charge in [0, 0.05) is 12.1 Å². The van der Waals surface area contributed by atoms with Crippen molar-refractivity contribution >= 4 is 0 Å². The maximum atomic E-state index is 8.98. The summed E-state index contributed by atoms with van der Waals surface area (Å²) in [7, 11) is 2.09. The molecule has 1 saturated heterocycles. The summed E-state index contributed by atoms with van der Waals surface area (Å²) >= 11 is 0. The van der Waals surface area contributed by atoms with Crippen LogP contribution in [0.5, 0.6) is 0 Å². The second-order valence-corrected chi connectivity index (χ2v) is 3.48. The molecule has 0 spiro atoms. The summed E-state index contributed by atoms with van der Waals surface area (Å²) < 4.78 is 0. The molecule has 0 aromatic heterocycles. The first-order chi connectivity index (χ1) is 4.66. The zero-order chi connectivity index (χ0) is 7.72. The molecule has 2 nitrogen and oxygen atoms in total. The molecule has 1 aliphatic rings. The lowest BCUT2D eigenvalue weighted by Crippen LogP contribution is -2.34. The van der Waals surface area contributed by atoms with Crippen LogP contribution in [0.2, 0.25) is 0 Å². The summed E-state index contributed by atoms with van der Waals surface area (Å²) in [6.45, 7) is 4.73. The van der Waals surface area contributed by atoms with Crippen LogP contribution in [-0.2, 0) is 0 Å². The summed E-state index contributed by atoms with van der Waals surface area (Å²) in [6, 6.07) is 1.04. The minimum Gasteiger partial charge on any atom is -0.395 e. The topological polar surface area (TPSA) is 23.5 Å². The molecule has 1 unspecified atom stereocenters. The highest BCUT2D eigenvalue weighted by atomic mass is 16.3. The van der Waals surface area contributed by atoms with Crippen molar-refractivity contribution in [3.63, 3.8) is 0 Å². The summed E-state index contributed by atoms with van der Waals surface area (Å²) in [5.74, 6) is 0.657. The number of likely N-dealkylation sites (N-methyl/N-ethyl adjacent to an activating group) is 1. The van der Waals surface area contributed by atoms with Crippen LogP contribution in [0.15, 0.2) is 0 Å². The van der Waals surface area contributed by atoms with E-state index in [2.05, 4.69) is 25.8 Å². The first-order valence-electron chi connectivity index (χ1n) is 3.99. The highest BCUT2D eigenvalue weighted by Crippen LogP contribution is 2.26. The van der Waals surface area contributed by atoms with E-state index in [1.165, 1.54) is 6.42 Å². The molecule has 0 aromatic rings. The van der Waals surface area contributed by atoms with Crippen molar-refractivity contribution in [1.29, 1.82) is 0 Å². The van der Waals surface area contributed by atoms with Gasteiger partial charge in [-0.05, 0) is 26.3 Å². The van der Waals surface area contributed by atoms with Gasteiger partial charge in [-0.3, -0.25) is 4.90 Å². The van der Waals surface area contributed by atoms with Gasteiger partial charge >= 0.3 is 0 Å². The summed E-state index contributed by atoms with van der Waals surface area (Å²) in [6.07, 6.45) is 1.22. The van der Waals surface area contributed by atoms with Crippen molar-refractivity contribution < 1.29 is 5.11 Å². The van der Waals surface area contributed by atoms with E-state index in [4.69, 9.17) is 5.11 Å². The first-order valence-corrected chi connectivity index (χ1v) is 3.99. The molecule has 1 aliphatic heterocycles. The highest BCUT2D eigenvalue weighted by Gasteiger charge is 2.32. The lowest BCUT2D eigenvalue weighted by atomic mass is 10.0. The molecule has 0 bridgehead atoms. The fourth-order valence-corrected chi connectivity index (χ4v) is 1.90. The molecular formula is C8H17NO. The Morgan fingerprint density at radius 2 is 2.10 bits per heavy atom. The zero-order valence-electron chi connectivity index (χ0n) is 7.04. The van der Waals surface area contributed by atoms with E-state index in [-0.39, 0.29) is 0 Å². The molecular weight excluding hydrogens is 126 g/mol. The van der Waals surface area contributed by atoms with Gasteiger partial charge in [0.15, 0.2) is 0 Å². The van der Waals surface area contributed by atoms with Gasteiger partial charge in [0.25, 0.3) is 0 Å². The normalized spacial score (nSPS) is 42.6. The molecule has 10 heavy (non-hydrogen) atoms. The molecule has 0 aromatic carbocycles. The summed E-state index contributed by atoms with van der Waals surface area (Å²) in [5.41, 5.74) is 0. The monoisotopic (exact) mass is 143 g/mol. The third-order valence-corrected chi connectivity index (χ3v) is 2.78. The van der Waals surface area contributed by atoms with Gasteiger partial charge in [0.2, 0.25) is 0 Å². The Morgan fingerprint density at radius 3 is 2.30 bits per heavy atom. The van der Waals surface area contributed by atoms with Crippen molar-refractivity contribution in [3.05, 3.63) is 0 Å². The lowest BCUT2D eigenvalue weighted by Gasteiger charge is -2.22. The summed E-state index contributed by atoms with van der Waals surface area (Å²) in [5, 5.41) is 8.98. The van der Waals surface area contributed by atoms with Gasteiger partial charge in [0.05, 0.1) is 6.61 Å². The van der Waals surface area contributed by atoms with E-state index >= 15 is 0 Å². The molecule has 0 radical (unpaired) electrons. The van der Waals surface area contributed by atoms with Gasteiger partial charge in [0.1, 0.15) is 0 Å². The van der Waals surface area contributed by atoms with Crippen LogP contribution < -0.4 is 0 Å². The van der Waals surface area contributed by atoms with E-state index in [1.54, 1.807) is 0 Å². The van der Waals surface area contributed by atoms with Gasteiger partial charge in [-0.15, -0.1) is 0 Å². The number of aliphatic hydroxyl groups excluding tert-OH is 1. The SMILES string of the molecule is CC1C[C@H](C)N(C)[C@@H]1CO. The van der Waals surface area contributed by atoms with E-state index in [0.717, 1.165) is 0 Å². The number of hydrogen-bond acceptors (Lipinski definition) is 2. The van der Waals surface area contributed by atoms with E-state index in [9.17, 15) is 0 Å². The quantitative estimate of drug-likeness (QED) is 0.584. The van der Waals surface area contributed by atoms with Crippen molar-refractivity contribution in [2.75, 3.05) is 13.7 Å². The molecule has 0 saturated carbocycles. The molecule has 1 N–H and O–H groups in total. The molecule has 60 valence electrons. The van der Waals surface area contributed by atoms with E-state index in [0.29, 0.717) is 24.6 Å². The van der Waals surface area contributed by atoms with Crippen LogP contribution in [0.1, 0.15) is 20.3 Å². The van der Waals surface area contributed by atoms with Crippen LogP contribution in [0, 0.1) is 5.92 Å². The molecule has 2 heteroatoms. The van der Waals surface area contributed by atoms with E-state index in [1.807, 2.05) is 0 Å². The predicted octanol–water partition coefficient (Wildman–Crippen LogP) is 0.707. The van der Waals surface area contributed by atoms with Crippen molar-refractivity contribution in [3.8, 4) is 0 Å². The van der Waals surface area contributed by atoms with Crippen LogP contribution in [0.4, 0.5) is 0 Å². The Balaban J connectivity index is 2.55. The van der Waals surface area contributed by atoms with Crippen LogP contribution in [0.3, 0.4) is 0 Å². The Bertz CT molecular complexity index is 116. The Hall–Kier alpha value is -0.0800. The number of aliphatic hydroxyl groups is 1. The molecule has 3 atom stereocenters. The van der Waals surface area contributed by atoms with Crippen molar-refractivity contribution in [1.82, 2.24) is 4.90 Å². The Labute approximate surface area is 62.8 Å². The molecule has 1 heterocycles. The fraction of sp³-hybridized carbons (Fsp3) is 1.00. The fourth-order valence-electron chi connectivity index (χ4n) is 1.90. The summed E-state index contributed by atoms with van der Waals surface area (Å²) in [4.78, 5) is 2.27. The second kappa shape index (κ2) is 2.89. The maximum absolute atomic E-state index is 8.98. The standard InChI is InChI=1S/C8H17NO/c1-6-4-7(2)9(3)8(6)5-10/h6-8,10H,4-5H2,1-3H3/t6?,7-,8+/m0/s1. The van der Waals surface area contributed by atoms with E-state index < -0.39 is 0 Å². The average molecular weight is 143 g/mol. The zero-order valence-corrected chi connectivity index (χ0v) is 7.04. The minimum atomic E-state index is 0.308. The van der Waals surface area contributed by atoms with Gasteiger partial charge in [-0.1, -0.05) is 6.92 Å². The largest absolute Gasteiger partial charge is 0.395 e. The lowest BCUT2D eigenvalue weighted by molar-refractivity contribution is 0.144. The third-order valence-electron chi connectivity index (χ3n) is 2.78. The highest BCUT2D eigenvalue weighted by molar-refractivity contribution is 4.87. The van der Waals surface area contributed by atoms with Crippen LogP contribution in [0.25, 0.3) is 0 Å². The number of likely N-dealkylation sites (tertiary alicyclic amines) is 1. The Morgan fingerprint density at radius 1 is 1.50 bits per heavy atom. The molecule has 1 fully saturated rings. The smallest absolute Gasteiger partial charge is 0.0589 e. The van der Waals surface area contributed by atoms with Crippen LogP contribution in [-0.4, -0.2) is 35.7 Å². The first kappa shape index (κ1) is 8.02. The second-order valence-electron chi connectivity index (χ2n) is 3.48. The van der Waals surface area contributed by atoms with Gasteiger partial charge < -0.3 is 5.11 Å². The van der Waals surface area contributed by atoms with Crippen molar-refractivity contribution in [2.24, 2.45) is 5.92 Å². The van der Waals surface area contributed by atoms with Gasteiger partial charge in [-0.25, -0.2) is 0 Å². The predicted molar refractivity (Wildman–Crippen MR) is 41.9 cm³/mol. The minimum absolute atomic E-state index is 0.308. The molecule has 0 aliphatic carbocycles. The van der Waals surface area contributed by atoms with Crippen LogP contribution >= 0.6 is 0 Å². The number of rotatable bonds is 1. The maximum Gasteiger partial charge on any atom is 0.0589 e.